The predicted octanol–water partition coefficient (Wildman–Crippen LogP) is 5.59. The minimum Gasteiger partial charge on any atom is -0.273 e. The van der Waals surface area contributed by atoms with E-state index in [2.05, 4.69) is 18.5 Å². The highest BCUT2D eigenvalue weighted by molar-refractivity contribution is 6.06. The number of aryl methyl sites for hydroxylation is 1. The summed E-state index contributed by atoms with van der Waals surface area (Å²) in [5.74, 6) is 2.49. The number of aromatic nitrogens is 3. The van der Waals surface area contributed by atoms with Gasteiger partial charge in [-0.2, -0.15) is 10.1 Å². The molecule has 0 bridgehead atoms. The molecule has 2 saturated carbocycles. The van der Waals surface area contributed by atoms with E-state index in [-0.39, 0.29) is 23.4 Å². The van der Waals surface area contributed by atoms with Crippen molar-refractivity contribution in [2.75, 3.05) is 4.90 Å². The summed E-state index contributed by atoms with van der Waals surface area (Å²) >= 11 is 0. The Labute approximate surface area is 179 Å². The molecule has 1 aliphatic heterocycles. The van der Waals surface area contributed by atoms with Crippen LogP contribution in [0.15, 0.2) is 24.3 Å². The SMILES string of the molecule is Cc1cccc(C(=O)N2c3nc(C(C)C)nn3C3(CCCCC3)[C@@H]3CCCC[C@@H]32)c1. The van der Waals surface area contributed by atoms with E-state index in [1.165, 1.54) is 51.4 Å². The largest absolute Gasteiger partial charge is 0.273 e. The molecule has 1 aromatic carbocycles. The molecule has 1 amide bonds. The molecule has 5 rings (SSSR count). The first-order valence-electron chi connectivity index (χ1n) is 11.9. The molecule has 2 aliphatic carbocycles. The molecule has 5 heteroatoms. The minimum absolute atomic E-state index is 0.0438. The van der Waals surface area contributed by atoms with E-state index in [4.69, 9.17) is 10.1 Å². The van der Waals surface area contributed by atoms with Crippen LogP contribution in [0.5, 0.6) is 0 Å². The maximum Gasteiger partial charge on any atom is 0.260 e. The quantitative estimate of drug-likeness (QED) is 0.653. The maximum atomic E-state index is 13.9. The molecule has 0 saturated heterocycles. The molecule has 3 aliphatic rings. The van der Waals surface area contributed by atoms with Gasteiger partial charge in [0, 0.05) is 23.4 Å². The van der Waals surface area contributed by atoms with Gasteiger partial charge in [0.25, 0.3) is 5.91 Å². The second kappa shape index (κ2) is 7.51. The third kappa shape index (κ3) is 3.00. The van der Waals surface area contributed by atoms with E-state index in [0.717, 1.165) is 29.3 Å². The third-order valence-electron chi connectivity index (χ3n) is 7.71. The van der Waals surface area contributed by atoms with E-state index in [9.17, 15) is 4.79 Å². The van der Waals surface area contributed by atoms with Crippen LogP contribution >= 0.6 is 0 Å². The first-order valence-corrected chi connectivity index (χ1v) is 11.9. The third-order valence-corrected chi connectivity index (χ3v) is 7.71. The van der Waals surface area contributed by atoms with Crippen LogP contribution in [0.4, 0.5) is 5.95 Å². The average molecular weight is 407 g/mol. The lowest BCUT2D eigenvalue weighted by molar-refractivity contribution is 0.0310. The van der Waals surface area contributed by atoms with Crippen LogP contribution in [-0.4, -0.2) is 26.7 Å². The number of amides is 1. The molecule has 2 fully saturated rings. The van der Waals surface area contributed by atoms with Gasteiger partial charge >= 0.3 is 0 Å². The molecule has 0 unspecified atom stereocenters. The molecule has 1 aromatic heterocycles. The van der Waals surface area contributed by atoms with Gasteiger partial charge in [-0.05, 0) is 44.7 Å². The van der Waals surface area contributed by atoms with Crippen molar-refractivity contribution in [1.29, 1.82) is 0 Å². The van der Waals surface area contributed by atoms with Gasteiger partial charge in [0.05, 0.1) is 5.54 Å². The van der Waals surface area contributed by atoms with Gasteiger partial charge in [0.1, 0.15) is 0 Å². The van der Waals surface area contributed by atoms with Crippen LogP contribution in [0.3, 0.4) is 0 Å². The van der Waals surface area contributed by atoms with Crippen LogP contribution in [0.1, 0.15) is 99.3 Å². The van der Waals surface area contributed by atoms with Crippen LogP contribution in [-0.2, 0) is 5.54 Å². The molecular weight excluding hydrogens is 372 g/mol. The summed E-state index contributed by atoms with van der Waals surface area (Å²) in [6, 6.07) is 8.23. The number of carbonyl (C=O) groups excluding carboxylic acids is 1. The van der Waals surface area contributed by atoms with Crippen LogP contribution in [0.2, 0.25) is 0 Å². The highest BCUT2D eigenvalue weighted by atomic mass is 16.2. The second-order valence-corrected chi connectivity index (χ2v) is 10.0. The predicted molar refractivity (Wildman–Crippen MR) is 119 cm³/mol. The van der Waals surface area contributed by atoms with Gasteiger partial charge in [-0.25, -0.2) is 4.68 Å². The lowest BCUT2D eigenvalue weighted by Gasteiger charge is -2.55. The van der Waals surface area contributed by atoms with E-state index >= 15 is 0 Å². The number of anilines is 1. The molecule has 30 heavy (non-hydrogen) atoms. The van der Waals surface area contributed by atoms with E-state index in [1.807, 2.05) is 36.1 Å². The standard InChI is InChI=1S/C25H34N4O/c1-17(2)22-26-24-28(23(30)19-11-9-10-18(3)16-19)21-13-6-5-12-20(21)25(29(24)27-22)14-7-4-8-15-25/h9-11,16-17,20-21H,4-8,12-15H2,1-3H3/t20-,21+/m1/s1. The van der Waals surface area contributed by atoms with Crippen molar-refractivity contribution in [2.24, 2.45) is 5.92 Å². The molecule has 160 valence electrons. The van der Waals surface area contributed by atoms with Crippen LogP contribution < -0.4 is 4.90 Å². The van der Waals surface area contributed by atoms with Crippen molar-refractivity contribution in [3.8, 4) is 0 Å². The lowest BCUT2D eigenvalue weighted by atomic mass is 9.64. The highest BCUT2D eigenvalue weighted by Crippen LogP contribution is 2.53. The van der Waals surface area contributed by atoms with Gasteiger partial charge in [-0.3, -0.25) is 9.69 Å². The number of hydrogen-bond donors (Lipinski definition) is 0. The molecule has 2 atom stereocenters. The summed E-state index contributed by atoms with van der Waals surface area (Å²) in [6.45, 7) is 6.34. The Hall–Kier alpha value is -2.17. The van der Waals surface area contributed by atoms with Gasteiger partial charge in [-0.15, -0.1) is 0 Å². The summed E-state index contributed by atoms with van der Waals surface area (Å²) in [5, 5.41) is 5.07. The highest BCUT2D eigenvalue weighted by Gasteiger charge is 2.55. The van der Waals surface area contributed by atoms with E-state index in [1.54, 1.807) is 0 Å². The van der Waals surface area contributed by atoms with Crippen molar-refractivity contribution in [1.82, 2.24) is 14.8 Å². The Morgan fingerprint density at radius 3 is 2.60 bits per heavy atom. The Morgan fingerprint density at radius 1 is 1.10 bits per heavy atom. The Morgan fingerprint density at radius 2 is 1.87 bits per heavy atom. The Bertz CT molecular complexity index is 940. The number of benzene rings is 1. The van der Waals surface area contributed by atoms with E-state index < -0.39 is 0 Å². The molecule has 1 spiro atoms. The number of carbonyl (C=O) groups is 1. The smallest absolute Gasteiger partial charge is 0.260 e. The second-order valence-electron chi connectivity index (χ2n) is 10.0. The average Bonchev–Trinajstić information content (AvgIpc) is 3.21. The molecule has 2 heterocycles. The summed E-state index contributed by atoms with van der Waals surface area (Å²) in [5.41, 5.74) is 1.92. The zero-order valence-corrected chi connectivity index (χ0v) is 18.6. The van der Waals surface area contributed by atoms with Crippen LogP contribution in [0, 0.1) is 12.8 Å². The summed E-state index contributed by atoms with van der Waals surface area (Å²) in [7, 11) is 0. The van der Waals surface area contributed by atoms with Gasteiger partial charge < -0.3 is 0 Å². The normalized spacial score (nSPS) is 25.3. The number of nitrogens with zero attached hydrogens (tertiary/aromatic N) is 4. The molecule has 5 nitrogen and oxygen atoms in total. The summed E-state index contributed by atoms with van der Waals surface area (Å²) in [6.07, 6.45) is 10.9. The fourth-order valence-corrected chi connectivity index (χ4v) is 6.28. The zero-order valence-electron chi connectivity index (χ0n) is 18.6. The molecular formula is C25H34N4O. The Kier molecular flexibility index (Phi) is 4.95. The van der Waals surface area contributed by atoms with Gasteiger partial charge in [0.15, 0.2) is 5.82 Å². The van der Waals surface area contributed by atoms with Crippen molar-refractivity contribution in [3.05, 3.63) is 41.2 Å². The zero-order chi connectivity index (χ0) is 20.9. The van der Waals surface area contributed by atoms with Crippen molar-refractivity contribution < 1.29 is 4.79 Å². The fourth-order valence-electron chi connectivity index (χ4n) is 6.28. The maximum absolute atomic E-state index is 13.9. The Balaban J connectivity index is 1.68. The number of hydrogen-bond acceptors (Lipinski definition) is 3. The topological polar surface area (TPSA) is 51.0 Å². The first-order chi connectivity index (χ1) is 14.5. The van der Waals surface area contributed by atoms with Crippen molar-refractivity contribution >= 4 is 11.9 Å². The molecule has 0 N–H and O–H groups in total. The van der Waals surface area contributed by atoms with E-state index in [0.29, 0.717) is 5.92 Å². The lowest BCUT2D eigenvalue weighted by Crippen LogP contribution is -2.61. The molecule has 2 aromatic rings. The van der Waals surface area contributed by atoms with Crippen LogP contribution in [0.25, 0.3) is 0 Å². The fraction of sp³-hybridized carbons (Fsp3) is 0.640. The first kappa shape index (κ1) is 19.8. The van der Waals surface area contributed by atoms with Crippen molar-refractivity contribution in [2.45, 2.75) is 96.1 Å². The number of fused-ring (bicyclic) bond motifs is 4. The summed E-state index contributed by atoms with van der Waals surface area (Å²) in [4.78, 5) is 20.9. The van der Waals surface area contributed by atoms with Crippen molar-refractivity contribution in [3.63, 3.8) is 0 Å². The minimum atomic E-state index is 0.0438. The number of rotatable bonds is 2. The van der Waals surface area contributed by atoms with Gasteiger partial charge in [0.2, 0.25) is 5.95 Å². The monoisotopic (exact) mass is 406 g/mol. The van der Waals surface area contributed by atoms with Gasteiger partial charge in [-0.1, -0.05) is 63.6 Å². The molecule has 0 radical (unpaired) electrons. The summed E-state index contributed by atoms with van der Waals surface area (Å²) < 4.78 is 2.22.